The summed E-state index contributed by atoms with van der Waals surface area (Å²) in [6.07, 6.45) is 1.76. The molecule has 0 atom stereocenters. The number of amides is 1. The standard InChI is InChI=1S/C17H16N2O4/c1-22-17(21)14-7-5-13(6-8-14)16(20)19(10-3-9-18)12-15-4-2-11-23-15/h2,4-8,11H,3,10,12H2,1H3. The normalized spacial score (nSPS) is 9.91. The highest BCUT2D eigenvalue weighted by molar-refractivity contribution is 5.96. The van der Waals surface area contributed by atoms with Crippen molar-refractivity contribution in [3.63, 3.8) is 0 Å². The number of carbonyl (C=O) groups is 2. The summed E-state index contributed by atoms with van der Waals surface area (Å²) in [5, 5.41) is 8.76. The van der Waals surface area contributed by atoms with E-state index in [1.165, 1.54) is 30.4 Å². The fourth-order valence-electron chi connectivity index (χ4n) is 2.08. The maximum atomic E-state index is 12.6. The minimum atomic E-state index is -0.457. The van der Waals surface area contributed by atoms with Gasteiger partial charge in [0.1, 0.15) is 5.76 Å². The minimum Gasteiger partial charge on any atom is -0.467 e. The number of esters is 1. The van der Waals surface area contributed by atoms with Crippen molar-refractivity contribution >= 4 is 11.9 Å². The average Bonchev–Trinajstić information content (AvgIpc) is 3.10. The van der Waals surface area contributed by atoms with Gasteiger partial charge in [-0.1, -0.05) is 0 Å². The Labute approximate surface area is 133 Å². The number of methoxy groups -OCH3 is 1. The van der Waals surface area contributed by atoms with E-state index in [4.69, 9.17) is 9.68 Å². The topological polar surface area (TPSA) is 83.5 Å². The third kappa shape index (κ3) is 4.20. The first-order chi connectivity index (χ1) is 11.2. The average molecular weight is 312 g/mol. The molecule has 0 unspecified atom stereocenters. The van der Waals surface area contributed by atoms with Gasteiger partial charge in [0.25, 0.3) is 5.91 Å². The Balaban J connectivity index is 2.15. The molecule has 1 heterocycles. The summed E-state index contributed by atoms with van der Waals surface area (Å²) in [7, 11) is 1.30. The summed E-state index contributed by atoms with van der Waals surface area (Å²) in [5.74, 6) is -0.0449. The van der Waals surface area contributed by atoms with Crippen molar-refractivity contribution in [1.82, 2.24) is 4.90 Å². The summed E-state index contributed by atoms with van der Waals surface area (Å²) in [4.78, 5) is 25.5. The van der Waals surface area contributed by atoms with Gasteiger partial charge in [-0.05, 0) is 36.4 Å². The van der Waals surface area contributed by atoms with Gasteiger partial charge in [0.15, 0.2) is 0 Å². The van der Waals surface area contributed by atoms with Crippen LogP contribution in [-0.2, 0) is 11.3 Å². The first-order valence-electron chi connectivity index (χ1n) is 7.02. The number of nitrogens with zero attached hydrogens (tertiary/aromatic N) is 2. The van der Waals surface area contributed by atoms with E-state index in [1.807, 2.05) is 6.07 Å². The second-order valence-corrected chi connectivity index (χ2v) is 4.78. The highest BCUT2D eigenvalue weighted by Gasteiger charge is 2.17. The van der Waals surface area contributed by atoms with Crippen molar-refractivity contribution in [2.45, 2.75) is 13.0 Å². The van der Waals surface area contributed by atoms with Gasteiger partial charge in [0.2, 0.25) is 0 Å². The summed E-state index contributed by atoms with van der Waals surface area (Å²) in [5.41, 5.74) is 0.806. The fourth-order valence-corrected chi connectivity index (χ4v) is 2.08. The van der Waals surface area contributed by atoms with Gasteiger partial charge >= 0.3 is 5.97 Å². The molecule has 6 nitrogen and oxygen atoms in total. The lowest BCUT2D eigenvalue weighted by Gasteiger charge is -2.20. The molecule has 0 saturated carbocycles. The van der Waals surface area contributed by atoms with E-state index in [2.05, 4.69) is 4.74 Å². The molecule has 0 saturated heterocycles. The molecule has 6 heteroatoms. The molecule has 0 aliphatic heterocycles. The van der Waals surface area contributed by atoms with Gasteiger partial charge in [-0.3, -0.25) is 4.79 Å². The second-order valence-electron chi connectivity index (χ2n) is 4.78. The van der Waals surface area contributed by atoms with Crippen LogP contribution in [0.3, 0.4) is 0 Å². The van der Waals surface area contributed by atoms with Gasteiger partial charge < -0.3 is 14.1 Å². The molecule has 0 radical (unpaired) electrons. The molecule has 0 aliphatic carbocycles. The largest absolute Gasteiger partial charge is 0.467 e. The predicted molar refractivity (Wildman–Crippen MR) is 81.5 cm³/mol. The highest BCUT2D eigenvalue weighted by atomic mass is 16.5. The minimum absolute atomic E-state index is 0.229. The molecule has 1 amide bonds. The molecule has 0 fully saturated rings. The second kappa shape index (κ2) is 7.80. The SMILES string of the molecule is COC(=O)c1ccc(C(=O)N(CCC#N)Cc2ccco2)cc1. The summed E-state index contributed by atoms with van der Waals surface area (Å²) in [6.45, 7) is 0.584. The molecule has 2 aromatic rings. The van der Waals surface area contributed by atoms with Crippen LogP contribution in [0.4, 0.5) is 0 Å². The van der Waals surface area contributed by atoms with Crippen LogP contribution in [0.2, 0.25) is 0 Å². The number of benzene rings is 1. The van der Waals surface area contributed by atoms with Crippen molar-refractivity contribution in [1.29, 1.82) is 5.26 Å². The Bertz CT molecular complexity index is 699. The van der Waals surface area contributed by atoms with E-state index in [-0.39, 0.29) is 18.9 Å². The van der Waals surface area contributed by atoms with E-state index in [9.17, 15) is 9.59 Å². The number of nitriles is 1. The maximum absolute atomic E-state index is 12.6. The lowest BCUT2D eigenvalue weighted by Crippen LogP contribution is -2.31. The van der Waals surface area contributed by atoms with Crippen molar-refractivity contribution in [2.24, 2.45) is 0 Å². The number of carbonyl (C=O) groups excluding carboxylic acids is 2. The van der Waals surface area contributed by atoms with Crippen molar-refractivity contribution in [3.8, 4) is 6.07 Å². The van der Waals surface area contributed by atoms with Crippen LogP contribution in [0.15, 0.2) is 47.1 Å². The molecule has 0 aliphatic rings. The highest BCUT2D eigenvalue weighted by Crippen LogP contribution is 2.13. The van der Waals surface area contributed by atoms with E-state index in [0.717, 1.165) is 0 Å². The van der Waals surface area contributed by atoms with Gasteiger partial charge in [-0.2, -0.15) is 5.26 Å². The molecular formula is C17H16N2O4. The zero-order valence-corrected chi connectivity index (χ0v) is 12.7. The van der Waals surface area contributed by atoms with E-state index < -0.39 is 5.97 Å². The Morgan fingerprint density at radius 2 is 1.91 bits per heavy atom. The van der Waals surface area contributed by atoms with Crippen LogP contribution >= 0.6 is 0 Å². The number of rotatable bonds is 6. The van der Waals surface area contributed by atoms with Gasteiger partial charge in [0, 0.05) is 12.1 Å². The fraction of sp³-hybridized carbons (Fsp3) is 0.235. The molecule has 0 spiro atoms. The van der Waals surface area contributed by atoms with E-state index in [0.29, 0.717) is 23.4 Å². The molecule has 2 rings (SSSR count). The lowest BCUT2D eigenvalue weighted by atomic mass is 10.1. The van der Waals surface area contributed by atoms with Gasteiger partial charge in [-0.15, -0.1) is 0 Å². The number of furan rings is 1. The predicted octanol–water partition coefficient (Wildman–Crippen LogP) is 2.62. The quantitative estimate of drug-likeness (QED) is 0.766. The molecule has 23 heavy (non-hydrogen) atoms. The number of ether oxygens (including phenoxy) is 1. The number of hydrogen-bond donors (Lipinski definition) is 0. The Morgan fingerprint density at radius 1 is 1.22 bits per heavy atom. The van der Waals surface area contributed by atoms with Crippen molar-refractivity contribution in [3.05, 3.63) is 59.5 Å². The zero-order chi connectivity index (χ0) is 16.7. The van der Waals surface area contributed by atoms with Crippen LogP contribution in [0.25, 0.3) is 0 Å². The van der Waals surface area contributed by atoms with Gasteiger partial charge in [-0.25, -0.2) is 4.79 Å². The van der Waals surface area contributed by atoms with Crippen LogP contribution in [0.1, 0.15) is 32.9 Å². The maximum Gasteiger partial charge on any atom is 0.337 e. The molecule has 1 aromatic carbocycles. The molecular weight excluding hydrogens is 296 g/mol. The van der Waals surface area contributed by atoms with Crippen LogP contribution in [0, 0.1) is 11.3 Å². The van der Waals surface area contributed by atoms with Crippen LogP contribution in [-0.4, -0.2) is 30.4 Å². The third-order valence-electron chi connectivity index (χ3n) is 3.26. The molecule has 0 bridgehead atoms. The Kier molecular flexibility index (Phi) is 5.53. The van der Waals surface area contributed by atoms with E-state index in [1.54, 1.807) is 24.3 Å². The zero-order valence-electron chi connectivity index (χ0n) is 12.7. The van der Waals surface area contributed by atoms with Gasteiger partial charge in [0.05, 0.1) is 38.0 Å². The van der Waals surface area contributed by atoms with E-state index >= 15 is 0 Å². The van der Waals surface area contributed by atoms with Crippen LogP contribution < -0.4 is 0 Å². The lowest BCUT2D eigenvalue weighted by molar-refractivity contribution is 0.0599. The molecule has 1 aromatic heterocycles. The first-order valence-corrected chi connectivity index (χ1v) is 7.02. The number of hydrogen-bond acceptors (Lipinski definition) is 5. The Hall–Kier alpha value is -3.07. The molecule has 118 valence electrons. The van der Waals surface area contributed by atoms with Crippen molar-refractivity contribution in [2.75, 3.05) is 13.7 Å². The summed E-state index contributed by atoms with van der Waals surface area (Å²) in [6, 6.07) is 11.7. The summed E-state index contributed by atoms with van der Waals surface area (Å²) >= 11 is 0. The monoisotopic (exact) mass is 312 g/mol. The first kappa shape index (κ1) is 16.3. The van der Waals surface area contributed by atoms with Crippen LogP contribution in [0.5, 0.6) is 0 Å². The third-order valence-corrected chi connectivity index (χ3v) is 3.26. The summed E-state index contributed by atoms with van der Waals surface area (Å²) < 4.78 is 9.88. The van der Waals surface area contributed by atoms with Crippen molar-refractivity contribution < 1.29 is 18.7 Å². The molecule has 0 N–H and O–H groups in total. The smallest absolute Gasteiger partial charge is 0.337 e. The Morgan fingerprint density at radius 3 is 2.48 bits per heavy atom.